The molecule has 0 rings (SSSR count). The molecular weight excluding hydrogens is 95.1 g/mol. The van der Waals surface area contributed by atoms with Gasteiger partial charge in [-0.2, -0.15) is 0 Å². The Bertz CT molecular complexity index is 77.7. The predicted molar refractivity (Wildman–Crippen MR) is 34.0 cm³/mol. The molecule has 0 heterocycles. The molecule has 0 aromatic heterocycles. The third kappa shape index (κ3) is 10.7. The number of unbranched alkanes of at least 4 members (excludes halogenated alkanes) is 1. The average molecular weight is 102 g/mol. The molecule has 1 heteroatoms. The van der Waals surface area contributed by atoms with Crippen molar-refractivity contribution in [3.63, 3.8) is 0 Å². The summed E-state index contributed by atoms with van der Waals surface area (Å²) < 4.78 is 0. The van der Waals surface area contributed by atoms with Gasteiger partial charge in [0.1, 0.15) is 0 Å². The summed E-state index contributed by atoms with van der Waals surface area (Å²) in [6.07, 6.45) is 11.1. The molecule has 0 N–H and O–H groups in total. The number of hydrogen-bond acceptors (Lipinski definition) is 0. The summed E-state index contributed by atoms with van der Waals surface area (Å²) in [6.45, 7) is 0. The first-order chi connectivity index (χ1) is 2.91. The van der Waals surface area contributed by atoms with Crippen molar-refractivity contribution in [1.29, 1.82) is 0 Å². The molecule has 0 amide bonds. The van der Waals surface area contributed by atoms with Gasteiger partial charge in [-0.25, -0.2) is 0 Å². The molecule has 0 aliphatic rings. The maximum absolute atomic E-state index is 4.87. The summed E-state index contributed by atoms with van der Waals surface area (Å²) in [5, 5.41) is 0. The number of rotatable bonds is 1. The molecule has 0 aliphatic carbocycles. The van der Waals surface area contributed by atoms with Crippen LogP contribution in [0.3, 0.4) is 0 Å². The van der Waals surface area contributed by atoms with Crippen LogP contribution in [0.25, 0.3) is 0 Å². The molecule has 7 heavy (non-hydrogen) atoms. The maximum atomic E-state index is 4.87. The van der Waals surface area contributed by atoms with Gasteiger partial charge in [0.25, 0.3) is 0 Å². The summed E-state index contributed by atoms with van der Waals surface area (Å²) in [5.74, 6) is 4.85. The minimum atomic E-state index is 0. The van der Waals surface area contributed by atoms with Crippen molar-refractivity contribution < 1.29 is 0 Å². The van der Waals surface area contributed by atoms with Crippen molar-refractivity contribution >= 4 is 29.6 Å². The van der Waals surface area contributed by atoms with E-state index in [9.17, 15) is 0 Å². The Balaban J connectivity index is 0. The zero-order valence-corrected chi connectivity index (χ0v) is 3.57. The van der Waals surface area contributed by atoms with Gasteiger partial charge in [-0.05, 0) is 0 Å². The van der Waals surface area contributed by atoms with Crippen LogP contribution in [0.4, 0.5) is 0 Å². The van der Waals surface area contributed by atoms with Crippen molar-refractivity contribution in [2.45, 2.75) is 12.8 Å². The van der Waals surface area contributed by atoms with Gasteiger partial charge in [0.2, 0.25) is 0 Å². The van der Waals surface area contributed by atoms with Crippen LogP contribution in [-0.2, 0) is 0 Å². The van der Waals surface area contributed by atoms with Crippen molar-refractivity contribution in [2.24, 2.45) is 0 Å². The molecule has 0 saturated heterocycles. The van der Waals surface area contributed by atoms with Crippen molar-refractivity contribution in [3.05, 3.63) is 0 Å². The van der Waals surface area contributed by atoms with Crippen LogP contribution in [0.5, 0.6) is 0 Å². The Hall–Kier alpha value is 0.120. The van der Waals surface area contributed by atoms with Crippen molar-refractivity contribution in [3.8, 4) is 24.7 Å². The van der Waals surface area contributed by atoms with Crippen LogP contribution in [0.15, 0.2) is 0 Å². The predicted octanol–water partition coefficient (Wildman–Crippen LogP) is 0.384. The van der Waals surface area contributed by atoms with Crippen molar-refractivity contribution in [2.75, 3.05) is 0 Å². The fourth-order valence-corrected chi connectivity index (χ4v) is 0.144. The van der Waals surface area contributed by atoms with Crippen LogP contribution >= 0.6 is 0 Å². The average Bonchev–Trinajstić information content (AvgIpc) is 1.61. The summed E-state index contributed by atoms with van der Waals surface area (Å²) in [7, 11) is 0. The van der Waals surface area contributed by atoms with Crippen LogP contribution < -0.4 is 0 Å². The van der Waals surface area contributed by atoms with Gasteiger partial charge in [-0.3, -0.25) is 0 Å². The second-order valence-corrected chi connectivity index (χ2v) is 0.908. The SMILES string of the molecule is C#CCCC#C.[NaH]. The van der Waals surface area contributed by atoms with Gasteiger partial charge in [-0.1, -0.05) is 0 Å². The van der Waals surface area contributed by atoms with E-state index in [0.717, 1.165) is 0 Å². The molecule has 0 unspecified atom stereocenters. The molecule has 0 saturated carbocycles. The van der Waals surface area contributed by atoms with E-state index in [0.29, 0.717) is 12.8 Å². The first kappa shape index (κ1) is 10.2. The van der Waals surface area contributed by atoms with Crippen LogP contribution in [0.1, 0.15) is 12.8 Å². The Morgan fingerprint density at radius 3 is 1.43 bits per heavy atom. The molecule has 32 valence electrons. The zero-order chi connectivity index (χ0) is 4.83. The molecule has 0 nitrogen and oxygen atoms in total. The zero-order valence-electron chi connectivity index (χ0n) is 3.57. The Kier molecular flexibility index (Phi) is 13.7. The van der Waals surface area contributed by atoms with Gasteiger partial charge in [0.15, 0.2) is 0 Å². The standard InChI is InChI=1S/C6H6.Na.H/c1-3-5-6-4-2;;/h1-2H,5-6H2;;. The van der Waals surface area contributed by atoms with Crippen LogP contribution in [-0.4, -0.2) is 29.6 Å². The van der Waals surface area contributed by atoms with E-state index in [1.807, 2.05) is 0 Å². The molecule has 0 fully saturated rings. The van der Waals surface area contributed by atoms with Gasteiger partial charge in [0.05, 0.1) is 0 Å². The van der Waals surface area contributed by atoms with Crippen LogP contribution in [0.2, 0.25) is 0 Å². The molecule has 0 atom stereocenters. The first-order valence-corrected chi connectivity index (χ1v) is 1.78. The minimum absolute atomic E-state index is 0. The second-order valence-electron chi connectivity index (χ2n) is 0.908. The van der Waals surface area contributed by atoms with E-state index >= 15 is 0 Å². The van der Waals surface area contributed by atoms with E-state index in [4.69, 9.17) is 12.8 Å². The van der Waals surface area contributed by atoms with E-state index < -0.39 is 0 Å². The third-order valence-corrected chi connectivity index (χ3v) is 0.414. The van der Waals surface area contributed by atoms with E-state index in [2.05, 4.69) is 11.8 Å². The summed E-state index contributed by atoms with van der Waals surface area (Å²) in [6, 6.07) is 0. The normalized spacial score (nSPS) is 4.86. The Morgan fingerprint density at radius 1 is 1.00 bits per heavy atom. The first-order valence-electron chi connectivity index (χ1n) is 1.78. The van der Waals surface area contributed by atoms with E-state index in [-0.39, 0.29) is 29.6 Å². The topological polar surface area (TPSA) is 0 Å². The molecule has 0 radical (unpaired) electrons. The second kappa shape index (κ2) is 9.45. The Morgan fingerprint density at radius 2 is 1.29 bits per heavy atom. The molecule has 0 aliphatic heterocycles. The molecule has 0 aromatic carbocycles. The third-order valence-electron chi connectivity index (χ3n) is 0.414. The van der Waals surface area contributed by atoms with Crippen LogP contribution in [0, 0.1) is 24.7 Å². The fraction of sp³-hybridized carbons (Fsp3) is 0.333. The number of terminal acetylenes is 2. The summed E-state index contributed by atoms with van der Waals surface area (Å²) >= 11 is 0. The fourth-order valence-electron chi connectivity index (χ4n) is 0.144. The molecular formula is C6H7Na. The molecule has 0 bridgehead atoms. The summed E-state index contributed by atoms with van der Waals surface area (Å²) in [5.41, 5.74) is 0. The number of hydrogen-bond donors (Lipinski definition) is 0. The molecule has 0 aromatic rings. The van der Waals surface area contributed by atoms with E-state index in [1.54, 1.807) is 0 Å². The van der Waals surface area contributed by atoms with Gasteiger partial charge < -0.3 is 0 Å². The quantitative estimate of drug-likeness (QED) is 0.255. The monoisotopic (exact) mass is 102 g/mol. The van der Waals surface area contributed by atoms with Gasteiger partial charge in [-0.15, -0.1) is 24.7 Å². The van der Waals surface area contributed by atoms with Crippen molar-refractivity contribution in [1.82, 2.24) is 0 Å². The molecule has 0 spiro atoms. The van der Waals surface area contributed by atoms with Gasteiger partial charge >= 0.3 is 29.6 Å². The Labute approximate surface area is 67.0 Å². The van der Waals surface area contributed by atoms with Gasteiger partial charge in [0, 0.05) is 12.8 Å². The van der Waals surface area contributed by atoms with E-state index in [1.165, 1.54) is 0 Å². The summed E-state index contributed by atoms with van der Waals surface area (Å²) in [4.78, 5) is 0.